The summed E-state index contributed by atoms with van der Waals surface area (Å²) in [6.45, 7) is 9.14. The highest BCUT2D eigenvalue weighted by atomic mass is 16.5. The van der Waals surface area contributed by atoms with E-state index in [1.165, 1.54) is 0 Å². The number of hydrogen-bond acceptors (Lipinski definition) is 2. The highest BCUT2D eigenvalue weighted by Gasteiger charge is 2.15. The SMILES string of the molecule is CCOC(=O)c1cc(C)n(CC)c1C. The van der Waals surface area contributed by atoms with Crippen molar-refractivity contribution in [3.05, 3.63) is 23.0 Å². The molecule has 1 heterocycles. The van der Waals surface area contributed by atoms with Gasteiger partial charge in [0.1, 0.15) is 0 Å². The molecule has 78 valence electrons. The topological polar surface area (TPSA) is 31.2 Å². The number of aromatic nitrogens is 1. The predicted molar refractivity (Wildman–Crippen MR) is 55.5 cm³/mol. The number of ether oxygens (including phenoxy) is 1. The van der Waals surface area contributed by atoms with E-state index in [0.29, 0.717) is 12.2 Å². The molecular weight excluding hydrogens is 178 g/mol. The van der Waals surface area contributed by atoms with Gasteiger partial charge in [0.15, 0.2) is 0 Å². The predicted octanol–water partition coefficient (Wildman–Crippen LogP) is 2.30. The molecule has 0 aliphatic carbocycles. The highest BCUT2D eigenvalue weighted by molar-refractivity contribution is 5.91. The van der Waals surface area contributed by atoms with Gasteiger partial charge in [0.2, 0.25) is 0 Å². The number of carbonyl (C=O) groups is 1. The molecule has 0 saturated heterocycles. The standard InChI is InChI=1S/C11H17NO2/c1-5-12-8(3)7-10(9(12)4)11(13)14-6-2/h7H,5-6H2,1-4H3. The molecule has 0 spiro atoms. The molecule has 0 radical (unpaired) electrons. The van der Waals surface area contributed by atoms with Gasteiger partial charge < -0.3 is 9.30 Å². The fourth-order valence-electron chi connectivity index (χ4n) is 1.70. The van der Waals surface area contributed by atoms with Crippen molar-refractivity contribution in [2.75, 3.05) is 6.61 Å². The summed E-state index contributed by atoms with van der Waals surface area (Å²) in [5.41, 5.74) is 2.78. The number of rotatable bonds is 3. The average Bonchev–Trinajstić information content (AvgIpc) is 2.42. The van der Waals surface area contributed by atoms with Crippen LogP contribution in [0.5, 0.6) is 0 Å². The molecule has 0 aromatic carbocycles. The van der Waals surface area contributed by atoms with E-state index in [-0.39, 0.29) is 5.97 Å². The quantitative estimate of drug-likeness (QED) is 0.693. The minimum Gasteiger partial charge on any atom is -0.462 e. The van der Waals surface area contributed by atoms with Crippen LogP contribution < -0.4 is 0 Å². The average molecular weight is 195 g/mol. The highest BCUT2D eigenvalue weighted by Crippen LogP contribution is 2.15. The molecule has 1 aromatic heterocycles. The summed E-state index contributed by atoms with van der Waals surface area (Å²) in [6.07, 6.45) is 0. The molecule has 0 N–H and O–H groups in total. The fourth-order valence-corrected chi connectivity index (χ4v) is 1.70. The Bertz CT molecular complexity index is 339. The summed E-state index contributed by atoms with van der Waals surface area (Å²) in [7, 11) is 0. The minimum atomic E-state index is -0.222. The van der Waals surface area contributed by atoms with E-state index < -0.39 is 0 Å². The van der Waals surface area contributed by atoms with Gasteiger partial charge in [-0.1, -0.05) is 0 Å². The molecule has 1 aromatic rings. The van der Waals surface area contributed by atoms with Gasteiger partial charge >= 0.3 is 5.97 Å². The molecule has 3 nitrogen and oxygen atoms in total. The van der Waals surface area contributed by atoms with Crippen molar-refractivity contribution in [1.29, 1.82) is 0 Å². The normalized spacial score (nSPS) is 10.3. The molecule has 0 fully saturated rings. The second-order valence-electron chi connectivity index (χ2n) is 3.25. The first-order valence-electron chi connectivity index (χ1n) is 4.95. The molecular formula is C11H17NO2. The zero-order valence-corrected chi connectivity index (χ0v) is 9.26. The van der Waals surface area contributed by atoms with Crippen LogP contribution in [0.25, 0.3) is 0 Å². The number of carbonyl (C=O) groups excluding carboxylic acids is 1. The van der Waals surface area contributed by atoms with E-state index in [9.17, 15) is 4.79 Å². The summed E-state index contributed by atoms with van der Waals surface area (Å²) >= 11 is 0. The molecule has 0 bridgehead atoms. The van der Waals surface area contributed by atoms with Gasteiger partial charge in [0, 0.05) is 17.9 Å². The molecule has 0 aliphatic rings. The Balaban J connectivity index is 3.04. The lowest BCUT2D eigenvalue weighted by atomic mass is 10.2. The van der Waals surface area contributed by atoms with Crippen LogP contribution in [0.1, 0.15) is 35.6 Å². The Hall–Kier alpha value is -1.25. The van der Waals surface area contributed by atoms with E-state index in [1.807, 2.05) is 26.8 Å². The molecule has 1 rings (SSSR count). The third-order valence-electron chi connectivity index (χ3n) is 2.39. The van der Waals surface area contributed by atoms with Crippen LogP contribution in [0.2, 0.25) is 0 Å². The van der Waals surface area contributed by atoms with Crippen LogP contribution in [-0.4, -0.2) is 17.1 Å². The van der Waals surface area contributed by atoms with Gasteiger partial charge in [-0.05, 0) is 33.8 Å². The zero-order chi connectivity index (χ0) is 10.7. The zero-order valence-electron chi connectivity index (χ0n) is 9.26. The largest absolute Gasteiger partial charge is 0.462 e. The van der Waals surface area contributed by atoms with Gasteiger partial charge in [-0.3, -0.25) is 0 Å². The number of esters is 1. The lowest BCUT2D eigenvalue weighted by Crippen LogP contribution is -2.07. The van der Waals surface area contributed by atoms with E-state index in [1.54, 1.807) is 0 Å². The van der Waals surface area contributed by atoms with Crippen LogP contribution >= 0.6 is 0 Å². The van der Waals surface area contributed by atoms with E-state index in [0.717, 1.165) is 17.9 Å². The van der Waals surface area contributed by atoms with Gasteiger partial charge in [0.05, 0.1) is 12.2 Å². The Morgan fingerprint density at radius 3 is 2.50 bits per heavy atom. The third-order valence-corrected chi connectivity index (χ3v) is 2.39. The molecule has 0 aliphatic heterocycles. The Morgan fingerprint density at radius 1 is 1.43 bits per heavy atom. The van der Waals surface area contributed by atoms with Gasteiger partial charge in [-0.15, -0.1) is 0 Å². The monoisotopic (exact) mass is 195 g/mol. The lowest BCUT2D eigenvalue weighted by Gasteiger charge is -2.05. The molecule has 14 heavy (non-hydrogen) atoms. The molecule has 0 unspecified atom stereocenters. The maximum absolute atomic E-state index is 11.5. The van der Waals surface area contributed by atoms with Gasteiger partial charge in [-0.25, -0.2) is 4.79 Å². The van der Waals surface area contributed by atoms with Crippen molar-refractivity contribution in [2.45, 2.75) is 34.2 Å². The van der Waals surface area contributed by atoms with E-state index in [2.05, 4.69) is 11.5 Å². The fraction of sp³-hybridized carbons (Fsp3) is 0.545. The van der Waals surface area contributed by atoms with Crippen LogP contribution in [-0.2, 0) is 11.3 Å². The van der Waals surface area contributed by atoms with Crippen LogP contribution in [0.15, 0.2) is 6.07 Å². The smallest absolute Gasteiger partial charge is 0.339 e. The minimum absolute atomic E-state index is 0.222. The first kappa shape index (κ1) is 10.8. The van der Waals surface area contributed by atoms with Gasteiger partial charge in [0.25, 0.3) is 0 Å². The van der Waals surface area contributed by atoms with Crippen LogP contribution in [0.3, 0.4) is 0 Å². The van der Waals surface area contributed by atoms with Crippen molar-refractivity contribution in [2.24, 2.45) is 0 Å². The molecule has 3 heteroatoms. The maximum atomic E-state index is 11.5. The molecule has 0 atom stereocenters. The Kier molecular flexibility index (Phi) is 3.33. The second kappa shape index (κ2) is 4.31. The summed E-state index contributed by atoms with van der Waals surface area (Å²) in [5.74, 6) is -0.222. The summed E-state index contributed by atoms with van der Waals surface area (Å²) < 4.78 is 7.07. The Morgan fingerprint density at radius 2 is 2.07 bits per heavy atom. The second-order valence-corrected chi connectivity index (χ2v) is 3.25. The van der Waals surface area contributed by atoms with Crippen LogP contribution in [0, 0.1) is 13.8 Å². The summed E-state index contributed by atoms with van der Waals surface area (Å²) in [4.78, 5) is 11.5. The van der Waals surface area contributed by atoms with E-state index in [4.69, 9.17) is 4.74 Å². The molecule has 0 saturated carbocycles. The maximum Gasteiger partial charge on any atom is 0.339 e. The summed E-state index contributed by atoms with van der Waals surface area (Å²) in [6, 6.07) is 1.89. The van der Waals surface area contributed by atoms with Crippen molar-refractivity contribution < 1.29 is 9.53 Å². The van der Waals surface area contributed by atoms with Gasteiger partial charge in [-0.2, -0.15) is 0 Å². The first-order chi connectivity index (χ1) is 6.61. The van der Waals surface area contributed by atoms with Crippen molar-refractivity contribution in [1.82, 2.24) is 4.57 Å². The van der Waals surface area contributed by atoms with Crippen molar-refractivity contribution >= 4 is 5.97 Å². The van der Waals surface area contributed by atoms with E-state index >= 15 is 0 Å². The number of hydrogen-bond donors (Lipinski definition) is 0. The number of nitrogens with zero attached hydrogens (tertiary/aromatic N) is 1. The Labute approximate surface area is 84.7 Å². The lowest BCUT2D eigenvalue weighted by molar-refractivity contribution is 0.0525. The van der Waals surface area contributed by atoms with Crippen LogP contribution in [0.4, 0.5) is 0 Å². The van der Waals surface area contributed by atoms with Crippen molar-refractivity contribution in [3.8, 4) is 0 Å². The first-order valence-corrected chi connectivity index (χ1v) is 4.95. The third kappa shape index (κ3) is 1.81. The molecule has 0 amide bonds. The summed E-state index contributed by atoms with van der Waals surface area (Å²) in [5, 5.41) is 0. The van der Waals surface area contributed by atoms with Crippen molar-refractivity contribution in [3.63, 3.8) is 0 Å². The number of aryl methyl sites for hydroxylation is 1.